The van der Waals surface area contributed by atoms with Crippen molar-refractivity contribution in [2.45, 2.75) is 0 Å². The third kappa shape index (κ3) is 33.3. The molecule has 10 nitrogen and oxygen atoms in total. The van der Waals surface area contributed by atoms with Crippen molar-refractivity contribution in [1.29, 1.82) is 0 Å². The summed E-state index contributed by atoms with van der Waals surface area (Å²) in [6, 6.07) is 0. The van der Waals surface area contributed by atoms with Crippen molar-refractivity contribution >= 4 is 35.2 Å². The van der Waals surface area contributed by atoms with Gasteiger partial charge in [-0.05, 0) is 12.2 Å². The van der Waals surface area contributed by atoms with Crippen LogP contribution in [0.1, 0.15) is 0 Å². The number of nitrogens with two attached hydrogens (primary N) is 3. The summed E-state index contributed by atoms with van der Waals surface area (Å²) < 4.78 is 0. The molecule has 0 spiro atoms. The topological polar surface area (TPSA) is 228 Å². The monoisotopic (exact) mass is 244 g/mol. The summed E-state index contributed by atoms with van der Waals surface area (Å²) in [5.41, 5.74) is 14.6. The molecule has 0 aliphatic rings. The Hall–Kier alpha value is -1.98. The van der Waals surface area contributed by atoms with E-state index in [-0.39, 0.29) is 22.0 Å². The second-order valence-corrected chi connectivity index (χ2v) is 1.90. The van der Waals surface area contributed by atoms with Gasteiger partial charge in [-0.2, -0.15) is 4.99 Å². The van der Waals surface area contributed by atoms with E-state index in [0.717, 1.165) is 0 Å². The number of aliphatic carboxylic acids is 2. The molecule has 90 valence electrons. The Kier molecular flexibility index (Phi) is 18.5. The first-order valence-corrected chi connectivity index (χ1v) is 3.03. The number of nitrogens with zero attached hydrogens (tertiary/aromatic N) is 1. The molecule has 0 aromatic heterocycles. The fourth-order valence-corrected chi connectivity index (χ4v) is 0.233. The molecule has 0 aliphatic carbocycles. The highest BCUT2D eigenvalue weighted by Crippen LogP contribution is 1.62. The first-order chi connectivity index (χ1) is 5.77. The van der Waals surface area contributed by atoms with Gasteiger partial charge in [0.15, 0.2) is 11.1 Å². The number of carboxylic acids is 2. The average molecular weight is 244 g/mol. The van der Waals surface area contributed by atoms with Crippen LogP contribution in [-0.2, 0) is 9.59 Å². The van der Waals surface area contributed by atoms with Crippen LogP contribution in [0.4, 0.5) is 0 Å². The van der Waals surface area contributed by atoms with Crippen molar-refractivity contribution in [2.75, 3.05) is 0 Å². The van der Waals surface area contributed by atoms with Crippen molar-refractivity contribution in [3.8, 4) is 0 Å². The Morgan fingerprint density at radius 1 is 1.00 bits per heavy atom. The van der Waals surface area contributed by atoms with Crippen molar-refractivity contribution < 1.29 is 30.8 Å². The van der Waals surface area contributed by atoms with E-state index < -0.39 is 11.9 Å². The zero-order valence-electron chi connectivity index (χ0n) is 7.30. The summed E-state index contributed by atoms with van der Waals surface area (Å²) in [7, 11) is 0. The second kappa shape index (κ2) is 12.0. The first-order valence-electron chi connectivity index (χ1n) is 2.62. The van der Waals surface area contributed by atoms with Crippen LogP contribution in [0.15, 0.2) is 4.99 Å². The lowest BCUT2D eigenvalue weighted by molar-refractivity contribution is -0.159. The molecule has 15 heavy (non-hydrogen) atoms. The number of hydrogen-bond acceptors (Lipinski definition) is 3. The lowest BCUT2D eigenvalue weighted by Gasteiger charge is -1.84. The van der Waals surface area contributed by atoms with Gasteiger partial charge in [0.1, 0.15) is 0 Å². The van der Waals surface area contributed by atoms with Crippen LogP contribution in [0.25, 0.3) is 0 Å². The van der Waals surface area contributed by atoms with Crippen LogP contribution in [0.2, 0.25) is 0 Å². The van der Waals surface area contributed by atoms with E-state index in [1.807, 2.05) is 0 Å². The number of carboxylic acid groups (broad SMARTS) is 2. The number of thiocarbonyl (C=S) groups is 1. The Balaban J connectivity index is -0.0000000718. The maximum absolute atomic E-state index is 9.10. The molecule has 0 saturated carbocycles. The number of aliphatic imine (C=N–C) groups is 1. The predicted molar refractivity (Wildman–Crippen MR) is 55.1 cm³/mol. The normalized spacial score (nSPS) is 6.40. The molecule has 12 N–H and O–H groups in total. The maximum atomic E-state index is 9.10. The Labute approximate surface area is 89.0 Å². The summed E-state index contributed by atoms with van der Waals surface area (Å²) in [5, 5.41) is 14.7. The largest absolute Gasteiger partial charge is 0.473 e. The van der Waals surface area contributed by atoms with E-state index in [4.69, 9.17) is 37.0 Å². The Morgan fingerprint density at radius 3 is 1.27 bits per heavy atom. The Bertz CT molecular complexity index is 238. The highest BCUT2D eigenvalue weighted by atomic mass is 32.1. The fraction of sp³-hybridized carbons (Fsp3) is 0. The zero-order valence-corrected chi connectivity index (χ0v) is 8.11. The smallest absolute Gasteiger partial charge is 0.414 e. The highest BCUT2D eigenvalue weighted by molar-refractivity contribution is 7.80. The van der Waals surface area contributed by atoms with Gasteiger partial charge in [0.25, 0.3) is 0 Å². The molecule has 0 heterocycles. The number of carbonyl (C=O) groups is 2. The number of hydrogen-bond donors (Lipinski definition) is 5. The van der Waals surface area contributed by atoms with Gasteiger partial charge in [0.2, 0.25) is 0 Å². The number of guanidine groups is 1. The van der Waals surface area contributed by atoms with Crippen molar-refractivity contribution in [1.82, 2.24) is 0 Å². The van der Waals surface area contributed by atoms with Gasteiger partial charge < -0.3 is 38.4 Å². The zero-order chi connectivity index (χ0) is 11.0. The highest BCUT2D eigenvalue weighted by Gasteiger charge is 2.04. The SMILES string of the molecule is NC(=S)N=C(N)N.O.O.O=C(O)C(=O)O. The van der Waals surface area contributed by atoms with Gasteiger partial charge >= 0.3 is 11.9 Å². The molecular formula is C4H12N4O6S. The van der Waals surface area contributed by atoms with Crippen LogP contribution in [0.5, 0.6) is 0 Å². The molecule has 0 rings (SSSR count). The standard InChI is InChI=1S/C2H6N4S.C2H2O4.2H2O/c3-1(4)6-2(5)7;3-1(4)2(5)6;;/h(H6,3,4,5,6,7);(H,3,4)(H,5,6);2*1H2. The molecule has 0 saturated heterocycles. The molecule has 0 bridgehead atoms. The van der Waals surface area contributed by atoms with Crippen molar-refractivity contribution in [3.63, 3.8) is 0 Å². The first kappa shape index (κ1) is 23.1. The molecule has 0 aliphatic heterocycles. The minimum atomic E-state index is -1.82. The predicted octanol–water partition coefficient (Wildman–Crippen LogP) is -3.99. The summed E-state index contributed by atoms with van der Waals surface area (Å²) >= 11 is 4.30. The third-order valence-electron chi connectivity index (χ3n) is 0.422. The molecule has 0 aromatic carbocycles. The molecule has 0 aromatic rings. The minimum absolute atomic E-state index is 0. The van der Waals surface area contributed by atoms with Crippen LogP contribution >= 0.6 is 12.2 Å². The molecular weight excluding hydrogens is 232 g/mol. The van der Waals surface area contributed by atoms with E-state index in [1.54, 1.807) is 0 Å². The van der Waals surface area contributed by atoms with Gasteiger partial charge in [-0.1, -0.05) is 0 Å². The van der Waals surface area contributed by atoms with Gasteiger partial charge in [0, 0.05) is 0 Å². The lowest BCUT2D eigenvalue weighted by atomic mass is 10.7. The second-order valence-electron chi connectivity index (χ2n) is 1.49. The Morgan fingerprint density at radius 2 is 1.27 bits per heavy atom. The molecule has 0 amide bonds. The van der Waals surface area contributed by atoms with E-state index in [9.17, 15) is 0 Å². The van der Waals surface area contributed by atoms with Gasteiger partial charge in [0.05, 0.1) is 0 Å². The molecule has 0 fully saturated rings. The third-order valence-corrected chi connectivity index (χ3v) is 0.514. The number of rotatable bonds is 0. The molecule has 0 unspecified atom stereocenters. The van der Waals surface area contributed by atoms with Gasteiger partial charge in [-0.25, -0.2) is 9.59 Å². The van der Waals surface area contributed by atoms with E-state index in [0.29, 0.717) is 0 Å². The van der Waals surface area contributed by atoms with Crippen LogP contribution in [-0.4, -0.2) is 44.2 Å². The van der Waals surface area contributed by atoms with Gasteiger partial charge in [-0.3, -0.25) is 0 Å². The fourth-order valence-electron chi connectivity index (χ4n) is 0.127. The van der Waals surface area contributed by atoms with Crippen LogP contribution in [0.3, 0.4) is 0 Å². The summed E-state index contributed by atoms with van der Waals surface area (Å²) in [6.07, 6.45) is 0. The van der Waals surface area contributed by atoms with Crippen LogP contribution < -0.4 is 17.2 Å². The van der Waals surface area contributed by atoms with Crippen molar-refractivity contribution in [3.05, 3.63) is 0 Å². The van der Waals surface area contributed by atoms with E-state index in [2.05, 4.69) is 17.2 Å². The molecule has 0 atom stereocenters. The summed E-state index contributed by atoms with van der Waals surface area (Å²) in [6.45, 7) is 0. The molecule has 0 radical (unpaired) electrons. The summed E-state index contributed by atoms with van der Waals surface area (Å²) in [5.74, 6) is -3.75. The average Bonchev–Trinajstić information content (AvgIpc) is 1.84. The van der Waals surface area contributed by atoms with Crippen molar-refractivity contribution in [2.24, 2.45) is 22.2 Å². The van der Waals surface area contributed by atoms with E-state index >= 15 is 0 Å². The van der Waals surface area contributed by atoms with Gasteiger partial charge in [-0.15, -0.1) is 0 Å². The minimum Gasteiger partial charge on any atom is -0.473 e. The quantitative estimate of drug-likeness (QED) is 0.122. The van der Waals surface area contributed by atoms with Crippen LogP contribution in [0, 0.1) is 0 Å². The maximum Gasteiger partial charge on any atom is 0.414 e. The molecule has 11 heteroatoms. The lowest BCUT2D eigenvalue weighted by Crippen LogP contribution is -2.25. The van der Waals surface area contributed by atoms with E-state index in [1.165, 1.54) is 0 Å². The summed E-state index contributed by atoms with van der Waals surface area (Å²) in [4.78, 5) is 21.5.